The molecule has 1 aromatic heterocycles. The average Bonchev–Trinajstić information content (AvgIpc) is 3.41. The molecular weight excluding hydrogens is 460 g/mol. The van der Waals surface area contributed by atoms with Crippen LogP contribution in [0.2, 0.25) is 0 Å². The molecule has 8 heteroatoms. The van der Waals surface area contributed by atoms with Gasteiger partial charge in [-0.1, -0.05) is 36.4 Å². The predicted molar refractivity (Wildman–Crippen MR) is 136 cm³/mol. The van der Waals surface area contributed by atoms with Crippen LogP contribution in [0.1, 0.15) is 53.5 Å². The largest absolute Gasteiger partial charge is 0.361 e. The molecule has 180 valence electrons. The van der Waals surface area contributed by atoms with Gasteiger partial charge in [0.25, 0.3) is 5.91 Å². The second kappa shape index (κ2) is 8.16. The first kappa shape index (κ1) is 22.2. The predicted octanol–water partition coefficient (Wildman–Crippen LogP) is 3.52. The summed E-state index contributed by atoms with van der Waals surface area (Å²) < 4.78 is -0.504. The summed E-state index contributed by atoms with van der Waals surface area (Å²) in [5.41, 5.74) is 3.57. The number of aromatic nitrogens is 1. The van der Waals surface area contributed by atoms with Gasteiger partial charge in [0.05, 0.1) is 0 Å². The molecule has 3 aromatic rings. The smallest absolute Gasteiger partial charge is 0.256 e. The number of carbonyl (C=O) groups excluding carboxylic acids is 3. The number of para-hydroxylation sites is 1. The minimum atomic E-state index is -0.734. The molecular formula is C27H28N4O3S. The monoisotopic (exact) mass is 488 g/mol. The number of hydrogen-bond acceptors (Lipinski definition) is 4. The Balaban J connectivity index is 1.28. The molecule has 7 nitrogen and oxygen atoms in total. The zero-order valence-corrected chi connectivity index (χ0v) is 20.5. The summed E-state index contributed by atoms with van der Waals surface area (Å²) in [4.78, 5) is 45.3. The number of nitrogens with one attached hydrogen (secondary N) is 3. The Morgan fingerprint density at radius 2 is 1.89 bits per heavy atom. The SMILES string of the molecule is CC1(C)SC2c3ccccc3C(=O)N2[C@@H]1C(=O)N[C@@H](Cc1c[nH]c2ccccc12)C(=O)NC1CC1. The maximum Gasteiger partial charge on any atom is 0.256 e. The van der Waals surface area contributed by atoms with Crippen LogP contribution in [-0.2, 0) is 16.0 Å². The first-order valence-corrected chi connectivity index (χ1v) is 13.0. The van der Waals surface area contributed by atoms with Gasteiger partial charge in [0, 0.05) is 39.9 Å². The van der Waals surface area contributed by atoms with Crippen molar-refractivity contribution in [3.63, 3.8) is 0 Å². The normalized spacial score (nSPS) is 23.1. The third-order valence-corrected chi connectivity index (χ3v) is 8.74. The molecule has 3 N–H and O–H groups in total. The highest BCUT2D eigenvalue weighted by Crippen LogP contribution is 2.56. The van der Waals surface area contributed by atoms with E-state index in [2.05, 4.69) is 15.6 Å². The third kappa shape index (κ3) is 3.80. The standard InChI is InChI=1S/C27H28N4O3S/c1-27(2)22(31-25(34)18-8-3-4-9-19(18)26(31)35-27)24(33)30-21(23(32)29-16-11-12-16)13-15-14-28-20-10-6-5-7-17(15)20/h3-10,14,16,21-22,26,28H,11-13H2,1-2H3,(H,29,32)(H,30,33)/t21-,22+,26?/m0/s1. The van der Waals surface area contributed by atoms with Gasteiger partial charge in [0.1, 0.15) is 17.5 Å². The zero-order chi connectivity index (χ0) is 24.3. The van der Waals surface area contributed by atoms with Crippen LogP contribution in [0.25, 0.3) is 10.9 Å². The number of benzene rings is 2. The zero-order valence-electron chi connectivity index (χ0n) is 19.7. The number of H-pyrrole nitrogens is 1. The van der Waals surface area contributed by atoms with E-state index in [1.54, 1.807) is 16.7 Å². The Bertz CT molecular complexity index is 1340. The van der Waals surface area contributed by atoms with E-state index in [4.69, 9.17) is 0 Å². The van der Waals surface area contributed by atoms with E-state index in [1.165, 1.54) is 0 Å². The van der Waals surface area contributed by atoms with Gasteiger partial charge in [-0.05, 0) is 49.9 Å². The molecule has 2 aromatic carbocycles. The summed E-state index contributed by atoms with van der Waals surface area (Å²) in [6.45, 7) is 3.99. The molecule has 0 radical (unpaired) electrons. The lowest BCUT2D eigenvalue weighted by Crippen LogP contribution is -2.57. The summed E-state index contributed by atoms with van der Waals surface area (Å²) in [7, 11) is 0. The Morgan fingerprint density at radius 3 is 2.69 bits per heavy atom. The molecule has 1 aliphatic carbocycles. The molecule has 6 rings (SSSR count). The lowest BCUT2D eigenvalue weighted by molar-refractivity contribution is -0.131. The summed E-state index contributed by atoms with van der Waals surface area (Å²) in [5, 5.41) is 6.93. The second-order valence-electron chi connectivity index (χ2n) is 10.2. The highest BCUT2D eigenvalue weighted by molar-refractivity contribution is 8.01. The molecule has 2 fully saturated rings. The molecule has 35 heavy (non-hydrogen) atoms. The van der Waals surface area contributed by atoms with Crippen LogP contribution in [0.15, 0.2) is 54.7 Å². The minimum absolute atomic E-state index is 0.126. The van der Waals surface area contributed by atoms with Crippen molar-refractivity contribution in [3.05, 3.63) is 71.4 Å². The number of nitrogens with zero attached hydrogens (tertiary/aromatic N) is 1. The number of hydrogen-bond donors (Lipinski definition) is 3. The number of amides is 3. The first-order valence-electron chi connectivity index (χ1n) is 12.1. The highest BCUT2D eigenvalue weighted by atomic mass is 32.2. The van der Waals surface area contributed by atoms with Crippen LogP contribution in [-0.4, -0.2) is 50.5 Å². The van der Waals surface area contributed by atoms with E-state index in [0.717, 1.165) is 34.9 Å². The van der Waals surface area contributed by atoms with E-state index >= 15 is 0 Å². The van der Waals surface area contributed by atoms with Crippen molar-refractivity contribution in [2.24, 2.45) is 0 Å². The number of aromatic amines is 1. The molecule has 3 aliphatic rings. The molecule has 1 unspecified atom stereocenters. The Labute approximate surface area is 208 Å². The van der Waals surface area contributed by atoms with Gasteiger partial charge in [-0.2, -0.15) is 0 Å². The van der Waals surface area contributed by atoms with Crippen molar-refractivity contribution in [1.82, 2.24) is 20.5 Å². The Morgan fingerprint density at radius 1 is 1.14 bits per heavy atom. The minimum Gasteiger partial charge on any atom is -0.361 e. The van der Waals surface area contributed by atoms with Crippen molar-refractivity contribution in [2.45, 2.75) is 61.4 Å². The van der Waals surface area contributed by atoms with Gasteiger partial charge in [-0.3, -0.25) is 14.4 Å². The van der Waals surface area contributed by atoms with E-state index in [0.29, 0.717) is 12.0 Å². The van der Waals surface area contributed by atoms with Gasteiger partial charge in [0.15, 0.2) is 0 Å². The topological polar surface area (TPSA) is 94.3 Å². The fourth-order valence-electron chi connectivity index (χ4n) is 5.31. The highest BCUT2D eigenvalue weighted by Gasteiger charge is 2.57. The van der Waals surface area contributed by atoms with Crippen LogP contribution in [0, 0.1) is 0 Å². The number of carbonyl (C=O) groups is 3. The fourth-order valence-corrected chi connectivity index (χ4v) is 6.90. The van der Waals surface area contributed by atoms with Crippen molar-refractivity contribution in [3.8, 4) is 0 Å². The van der Waals surface area contributed by atoms with Crippen LogP contribution >= 0.6 is 11.8 Å². The van der Waals surface area contributed by atoms with E-state index in [9.17, 15) is 14.4 Å². The summed E-state index contributed by atoms with van der Waals surface area (Å²) in [5.74, 6) is -0.594. The first-order chi connectivity index (χ1) is 16.8. The average molecular weight is 489 g/mol. The van der Waals surface area contributed by atoms with Gasteiger partial charge in [-0.25, -0.2) is 0 Å². The molecule has 3 atom stereocenters. The van der Waals surface area contributed by atoms with Crippen LogP contribution in [0.4, 0.5) is 0 Å². The fraction of sp³-hybridized carbons (Fsp3) is 0.370. The van der Waals surface area contributed by atoms with Gasteiger partial charge in [-0.15, -0.1) is 11.8 Å². The van der Waals surface area contributed by atoms with Gasteiger partial charge < -0.3 is 20.5 Å². The lowest BCUT2D eigenvalue weighted by atomic mass is 9.99. The maximum atomic E-state index is 13.8. The van der Waals surface area contributed by atoms with Crippen LogP contribution in [0.5, 0.6) is 0 Å². The van der Waals surface area contributed by atoms with E-state index in [1.807, 2.05) is 68.6 Å². The Kier molecular flexibility index (Phi) is 5.18. The summed E-state index contributed by atoms with van der Waals surface area (Å²) >= 11 is 1.62. The number of thioether (sulfide) groups is 1. The molecule has 0 bridgehead atoms. The van der Waals surface area contributed by atoms with E-state index < -0.39 is 16.8 Å². The molecule has 1 saturated heterocycles. The van der Waals surface area contributed by atoms with Crippen molar-refractivity contribution < 1.29 is 14.4 Å². The molecule has 3 amide bonds. The van der Waals surface area contributed by atoms with Crippen molar-refractivity contribution in [1.29, 1.82) is 0 Å². The van der Waals surface area contributed by atoms with Crippen LogP contribution in [0.3, 0.4) is 0 Å². The molecule has 2 aliphatic heterocycles. The quantitative estimate of drug-likeness (QED) is 0.495. The number of rotatable bonds is 6. The number of fused-ring (bicyclic) bond motifs is 4. The van der Waals surface area contributed by atoms with Crippen molar-refractivity contribution in [2.75, 3.05) is 0 Å². The molecule has 3 heterocycles. The third-order valence-electron chi connectivity index (χ3n) is 7.20. The van der Waals surface area contributed by atoms with E-state index in [-0.39, 0.29) is 29.1 Å². The maximum absolute atomic E-state index is 13.8. The van der Waals surface area contributed by atoms with Gasteiger partial charge in [0.2, 0.25) is 11.8 Å². The van der Waals surface area contributed by atoms with Crippen molar-refractivity contribution >= 4 is 40.4 Å². The second-order valence-corrected chi connectivity index (χ2v) is 11.9. The lowest BCUT2D eigenvalue weighted by Gasteiger charge is -2.31. The molecule has 0 spiro atoms. The summed E-state index contributed by atoms with van der Waals surface area (Å²) in [6.07, 6.45) is 4.20. The Hall–Kier alpha value is -3.26. The van der Waals surface area contributed by atoms with Gasteiger partial charge >= 0.3 is 0 Å². The summed E-state index contributed by atoms with van der Waals surface area (Å²) in [6, 6.07) is 14.3. The molecule has 1 saturated carbocycles. The van der Waals surface area contributed by atoms with Crippen LogP contribution < -0.4 is 10.6 Å².